The van der Waals surface area contributed by atoms with Gasteiger partial charge < -0.3 is 15.4 Å². The predicted molar refractivity (Wildman–Crippen MR) is 96.7 cm³/mol. The number of ether oxygens (including phenoxy) is 1. The van der Waals surface area contributed by atoms with E-state index in [9.17, 15) is 4.79 Å². The number of carbonyl (C=O) groups is 1. The van der Waals surface area contributed by atoms with Gasteiger partial charge in [-0.3, -0.25) is 14.7 Å². The zero-order valence-corrected chi connectivity index (χ0v) is 14.3. The van der Waals surface area contributed by atoms with E-state index in [-0.39, 0.29) is 5.91 Å². The molecular formula is C19H22N4O2. The maximum Gasteiger partial charge on any atom is 0.250 e. The first kappa shape index (κ1) is 15.9. The topological polar surface area (TPSA) is 66.5 Å². The van der Waals surface area contributed by atoms with Gasteiger partial charge in [0.1, 0.15) is 11.3 Å². The number of hydrogen-bond acceptors (Lipinski definition) is 5. The molecular weight excluding hydrogens is 316 g/mol. The third kappa shape index (κ3) is 2.93. The SMILES string of the molecule is COc1cccnc1CN1CCC2(CC1)Nc1ccccc1NC2=O. The van der Waals surface area contributed by atoms with Gasteiger partial charge in [-0.05, 0) is 37.1 Å². The summed E-state index contributed by atoms with van der Waals surface area (Å²) in [6, 6.07) is 11.7. The van der Waals surface area contributed by atoms with Crippen LogP contribution in [0.3, 0.4) is 0 Å². The van der Waals surface area contributed by atoms with E-state index in [0.29, 0.717) is 0 Å². The Labute approximate surface area is 147 Å². The van der Waals surface area contributed by atoms with E-state index in [4.69, 9.17) is 4.74 Å². The lowest BCUT2D eigenvalue weighted by molar-refractivity contribution is -0.122. The highest BCUT2D eigenvalue weighted by Gasteiger charge is 2.44. The monoisotopic (exact) mass is 338 g/mol. The molecule has 4 rings (SSSR count). The minimum atomic E-state index is -0.515. The van der Waals surface area contributed by atoms with Crippen molar-refractivity contribution in [3.8, 4) is 5.75 Å². The quantitative estimate of drug-likeness (QED) is 0.900. The Morgan fingerprint density at radius 2 is 1.92 bits per heavy atom. The van der Waals surface area contributed by atoms with E-state index in [1.54, 1.807) is 13.3 Å². The van der Waals surface area contributed by atoms with Gasteiger partial charge in [0, 0.05) is 25.8 Å². The highest BCUT2D eigenvalue weighted by molar-refractivity contribution is 6.06. The molecule has 2 aromatic rings. The van der Waals surface area contributed by atoms with Crippen molar-refractivity contribution < 1.29 is 9.53 Å². The van der Waals surface area contributed by atoms with Crippen molar-refractivity contribution in [1.29, 1.82) is 0 Å². The number of hydrogen-bond donors (Lipinski definition) is 2. The molecule has 6 heteroatoms. The molecule has 1 saturated heterocycles. The number of benzene rings is 1. The molecule has 130 valence electrons. The average Bonchev–Trinajstić information content (AvgIpc) is 2.65. The van der Waals surface area contributed by atoms with Crippen molar-refractivity contribution >= 4 is 17.3 Å². The molecule has 1 aromatic carbocycles. The molecule has 0 saturated carbocycles. The summed E-state index contributed by atoms with van der Waals surface area (Å²) in [5, 5.41) is 6.54. The van der Waals surface area contributed by atoms with Gasteiger partial charge in [0.25, 0.3) is 0 Å². The number of piperidine rings is 1. The van der Waals surface area contributed by atoms with Crippen LogP contribution >= 0.6 is 0 Å². The Hall–Kier alpha value is -2.60. The number of nitrogens with zero attached hydrogens (tertiary/aromatic N) is 2. The van der Waals surface area contributed by atoms with E-state index in [1.807, 2.05) is 36.4 Å². The number of amides is 1. The Morgan fingerprint density at radius 3 is 2.68 bits per heavy atom. The van der Waals surface area contributed by atoms with E-state index in [2.05, 4.69) is 20.5 Å². The molecule has 2 aliphatic rings. The van der Waals surface area contributed by atoms with Crippen molar-refractivity contribution in [3.05, 3.63) is 48.3 Å². The molecule has 1 amide bonds. The molecule has 1 fully saturated rings. The second-order valence-electron chi connectivity index (χ2n) is 6.64. The first-order valence-corrected chi connectivity index (χ1v) is 8.59. The van der Waals surface area contributed by atoms with Gasteiger partial charge in [-0.25, -0.2) is 0 Å². The maximum atomic E-state index is 12.7. The minimum absolute atomic E-state index is 0.0706. The molecule has 1 spiro atoms. The number of methoxy groups -OCH3 is 1. The van der Waals surface area contributed by atoms with Gasteiger partial charge in [0.05, 0.1) is 24.2 Å². The molecule has 2 N–H and O–H groups in total. The summed E-state index contributed by atoms with van der Waals surface area (Å²) in [4.78, 5) is 19.4. The maximum absolute atomic E-state index is 12.7. The number of rotatable bonds is 3. The van der Waals surface area contributed by atoms with E-state index in [0.717, 1.165) is 55.3 Å². The summed E-state index contributed by atoms with van der Waals surface area (Å²) in [5.74, 6) is 0.881. The van der Waals surface area contributed by atoms with E-state index >= 15 is 0 Å². The third-order valence-corrected chi connectivity index (χ3v) is 5.14. The number of carbonyl (C=O) groups excluding carboxylic acids is 1. The first-order valence-electron chi connectivity index (χ1n) is 8.59. The number of likely N-dealkylation sites (tertiary alicyclic amines) is 1. The molecule has 3 heterocycles. The van der Waals surface area contributed by atoms with Crippen LogP contribution in [0.1, 0.15) is 18.5 Å². The van der Waals surface area contributed by atoms with Crippen molar-refractivity contribution in [2.45, 2.75) is 24.9 Å². The normalized spacial score (nSPS) is 19.0. The molecule has 2 aliphatic heterocycles. The Kier molecular flexibility index (Phi) is 4.05. The number of anilines is 2. The van der Waals surface area contributed by atoms with Gasteiger partial charge in [0.2, 0.25) is 5.91 Å². The molecule has 0 aliphatic carbocycles. The Bertz CT molecular complexity index is 784. The molecule has 0 unspecified atom stereocenters. The van der Waals surface area contributed by atoms with Crippen LogP contribution in [0.15, 0.2) is 42.6 Å². The number of nitrogens with one attached hydrogen (secondary N) is 2. The molecule has 25 heavy (non-hydrogen) atoms. The predicted octanol–water partition coefficient (Wildman–Crippen LogP) is 2.49. The zero-order valence-electron chi connectivity index (χ0n) is 14.3. The number of fused-ring (bicyclic) bond motifs is 1. The second-order valence-corrected chi connectivity index (χ2v) is 6.64. The molecule has 0 radical (unpaired) electrons. The summed E-state index contributed by atoms with van der Waals surface area (Å²) < 4.78 is 5.39. The van der Waals surface area contributed by atoms with Crippen molar-refractivity contribution in [1.82, 2.24) is 9.88 Å². The lowest BCUT2D eigenvalue weighted by Gasteiger charge is -2.44. The molecule has 6 nitrogen and oxygen atoms in total. The van der Waals surface area contributed by atoms with Crippen LogP contribution in [0, 0.1) is 0 Å². The first-order chi connectivity index (χ1) is 12.2. The molecule has 0 atom stereocenters. The number of para-hydroxylation sites is 2. The summed E-state index contributed by atoms with van der Waals surface area (Å²) >= 11 is 0. The van der Waals surface area contributed by atoms with Crippen LogP contribution in [0.25, 0.3) is 0 Å². The zero-order chi connectivity index (χ0) is 17.3. The lowest BCUT2D eigenvalue weighted by atomic mass is 9.84. The van der Waals surface area contributed by atoms with Crippen molar-refractivity contribution in [2.75, 3.05) is 30.8 Å². The van der Waals surface area contributed by atoms with Crippen LogP contribution in [0.2, 0.25) is 0 Å². The fraction of sp³-hybridized carbons (Fsp3) is 0.368. The van der Waals surface area contributed by atoms with Gasteiger partial charge in [0.15, 0.2) is 0 Å². The van der Waals surface area contributed by atoms with Crippen LogP contribution in [0.5, 0.6) is 5.75 Å². The smallest absolute Gasteiger partial charge is 0.250 e. The summed E-state index contributed by atoms with van der Waals surface area (Å²) in [6.45, 7) is 2.41. The van der Waals surface area contributed by atoms with Crippen molar-refractivity contribution in [2.24, 2.45) is 0 Å². The van der Waals surface area contributed by atoms with Crippen LogP contribution in [0.4, 0.5) is 11.4 Å². The second kappa shape index (κ2) is 6.37. The summed E-state index contributed by atoms with van der Waals surface area (Å²) in [7, 11) is 1.67. The highest BCUT2D eigenvalue weighted by atomic mass is 16.5. The van der Waals surface area contributed by atoms with Crippen molar-refractivity contribution in [3.63, 3.8) is 0 Å². The van der Waals surface area contributed by atoms with Gasteiger partial charge >= 0.3 is 0 Å². The molecule has 1 aromatic heterocycles. The molecule has 0 bridgehead atoms. The highest BCUT2D eigenvalue weighted by Crippen LogP contribution is 2.36. The minimum Gasteiger partial charge on any atom is -0.495 e. The van der Waals surface area contributed by atoms with Crippen LogP contribution in [-0.2, 0) is 11.3 Å². The van der Waals surface area contributed by atoms with E-state index < -0.39 is 5.54 Å². The van der Waals surface area contributed by atoms with Gasteiger partial charge in [-0.15, -0.1) is 0 Å². The Morgan fingerprint density at radius 1 is 1.16 bits per heavy atom. The number of pyridine rings is 1. The van der Waals surface area contributed by atoms with Gasteiger partial charge in [-0.1, -0.05) is 12.1 Å². The number of aromatic nitrogens is 1. The average molecular weight is 338 g/mol. The lowest BCUT2D eigenvalue weighted by Crippen LogP contribution is -2.58. The fourth-order valence-corrected chi connectivity index (χ4v) is 3.64. The largest absolute Gasteiger partial charge is 0.495 e. The van der Waals surface area contributed by atoms with E-state index in [1.165, 1.54) is 0 Å². The van der Waals surface area contributed by atoms with Crippen LogP contribution < -0.4 is 15.4 Å². The standard InChI is InChI=1S/C19H22N4O2/c1-25-17-7-4-10-20-16(17)13-23-11-8-19(9-12-23)18(24)21-14-5-2-3-6-15(14)22-19/h2-7,10,22H,8-9,11-13H2,1H3,(H,21,24). The summed E-state index contributed by atoms with van der Waals surface area (Å²) in [6.07, 6.45) is 3.32. The Balaban J connectivity index is 1.45. The summed E-state index contributed by atoms with van der Waals surface area (Å²) in [5.41, 5.74) is 2.28. The van der Waals surface area contributed by atoms with Crippen LogP contribution in [-0.4, -0.2) is 41.5 Å². The fourth-order valence-electron chi connectivity index (χ4n) is 3.64. The third-order valence-electron chi connectivity index (χ3n) is 5.14. The van der Waals surface area contributed by atoms with Gasteiger partial charge in [-0.2, -0.15) is 0 Å².